The van der Waals surface area contributed by atoms with Crippen LogP contribution in [0, 0.1) is 12.3 Å². The summed E-state index contributed by atoms with van der Waals surface area (Å²) in [4.78, 5) is 68.7. The minimum Gasteiger partial charge on any atom is -0.481 e. The molecule has 4 rings (SSSR count). The zero-order valence-electron chi connectivity index (χ0n) is 23.8. The fourth-order valence-corrected chi connectivity index (χ4v) is 5.28. The van der Waals surface area contributed by atoms with Gasteiger partial charge >= 0.3 is 11.9 Å². The van der Waals surface area contributed by atoms with Gasteiger partial charge in [-0.15, -0.1) is 6.42 Å². The van der Waals surface area contributed by atoms with Crippen LogP contribution in [0.4, 0.5) is 5.69 Å². The number of carboxylic acids is 2. The Hall–Kier alpha value is -5.22. The maximum atomic E-state index is 12.9. The zero-order valence-corrected chi connectivity index (χ0v) is 23.8. The number of aromatic amines is 1. The highest BCUT2D eigenvalue weighted by Gasteiger charge is 2.29. The number of aryl methyl sites for hydroxylation is 1. The van der Waals surface area contributed by atoms with Crippen LogP contribution in [0.25, 0.3) is 10.9 Å². The van der Waals surface area contributed by atoms with Gasteiger partial charge in [0, 0.05) is 30.6 Å². The van der Waals surface area contributed by atoms with Crippen molar-refractivity contribution in [3.05, 3.63) is 69.3 Å². The monoisotopic (exact) mass is 603 g/mol. The molecule has 0 radical (unpaired) electrons. The van der Waals surface area contributed by atoms with Crippen LogP contribution in [0.2, 0.25) is 0 Å². The molecule has 1 aliphatic carbocycles. The SMILES string of the molecule is C#CCN(c1ccc(C(=O)NC(CCC(=O)NCCCC(=O)O)C(=O)O)cc1)[C@H]1CCc2cc3nc(CO)[nH]c(=O)c3cc21. The van der Waals surface area contributed by atoms with Crippen molar-refractivity contribution in [3.8, 4) is 12.3 Å². The predicted molar refractivity (Wildman–Crippen MR) is 160 cm³/mol. The van der Waals surface area contributed by atoms with E-state index in [4.69, 9.17) is 11.5 Å². The number of hydrogen-bond donors (Lipinski definition) is 6. The summed E-state index contributed by atoms with van der Waals surface area (Å²) in [5.41, 5.74) is 3.07. The van der Waals surface area contributed by atoms with Crippen LogP contribution in [-0.2, 0) is 27.4 Å². The lowest BCUT2D eigenvalue weighted by molar-refractivity contribution is -0.140. The van der Waals surface area contributed by atoms with E-state index in [-0.39, 0.29) is 68.4 Å². The summed E-state index contributed by atoms with van der Waals surface area (Å²) in [6.07, 6.45) is 7.03. The zero-order chi connectivity index (χ0) is 31.8. The summed E-state index contributed by atoms with van der Waals surface area (Å²) < 4.78 is 0. The minimum absolute atomic E-state index is 0.0931. The lowest BCUT2D eigenvalue weighted by Crippen LogP contribution is -2.41. The first-order valence-corrected chi connectivity index (χ1v) is 14.1. The van der Waals surface area contributed by atoms with Crippen molar-refractivity contribution in [1.29, 1.82) is 0 Å². The number of fused-ring (bicyclic) bond motifs is 2. The Morgan fingerprint density at radius 3 is 2.55 bits per heavy atom. The van der Waals surface area contributed by atoms with Gasteiger partial charge in [0.15, 0.2) is 0 Å². The van der Waals surface area contributed by atoms with Gasteiger partial charge in [-0.25, -0.2) is 9.78 Å². The average molecular weight is 604 g/mol. The molecule has 0 bridgehead atoms. The van der Waals surface area contributed by atoms with Crippen LogP contribution in [0.5, 0.6) is 0 Å². The van der Waals surface area contributed by atoms with E-state index in [0.29, 0.717) is 10.9 Å². The largest absolute Gasteiger partial charge is 0.481 e. The second-order valence-electron chi connectivity index (χ2n) is 10.4. The number of aliphatic hydroxyl groups excluding tert-OH is 1. The third-order valence-electron chi connectivity index (χ3n) is 7.46. The smallest absolute Gasteiger partial charge is 0.326 e. The Balaban J connectivity index is 1.44. The van der Waals surface area contributed by atoms with E-state index in [0.717, 1.165) is 29.7 Å². The summed E-state index contributed by atoms with van der Waals surface area (Å²) in [6, 6.07) is 8.77. The first kappa shape index (κ1) is 31.7. The molecule has 0 spiro atoms. The summed E-state index contributed by atoms with van der Waals surface area (Å²) in [5, 5.41) is 33.0. The molecule has 3 aromatic rings. The molecule has 2 aromatic carbocycles. The predicted octanol–water partition coefficient (Wildman–Crippen LogP) is 1.49. The molecule has 2 amide bonds. The summed E-state index contributed by atoms with van der Waals surface area (Å²) in [7, 11) is 0. The first-order valence-electron chi connectivity index (χ1n) is 14.1. The maximum Gasteiger partial charge on any atom is 0.326 e. The van der Waals surface area contributed by atoms with Crippen molar-refractivity contribution < 1.29 is 34.5 Å². The Bertz CT molecular complexity index is 1660. The maximum absolute atomic E-state index is 12.9. The summed E-state index contributed by atoms with van der Waals surface area (Å²) in [6.45, 7) is 0.0357. The molecule has 230 valence electrons. The molecule has 1 aliphatic rings. The van der Waals surface area contributed by atoms with Gasteiger partial charge in [0.1, 0.15) is 18.5 Å². The second kappa shape index (κ2) is 14.3. The molecule has 6 N–H and O–H groups in total. The number of H-pyrrole nitrogens is 1. The Labute approximate surface area is 252 Å². The molecule has 0 saturated carbocycles. The van der Waals surface area contributed by atoms with Gasteiger partial charge in [-0.2, -0.15) is 0 Å². The number of aliphatic hydroxyl groups is 1. The number of rotatable bonds is 14. The average Bonchev–Trinajstić information content (AvgIpc) is 3.41. The van der Waals surface area contributed by atoms with Crippen molar-refractivity contribution in [2.24, 2.45) is 0 Å². The number of aromatic nitrogens is 2. The number of carbonyl (C=O) groups is 4. The van der Waals surface area contributed by atoms with Crippen LogP contribution in [-0.4, -0.2) is 68.2 Å². The number of carbonyl (C=O) groups excluding carboxylic acids is 2. The molecule has 2 atom stereocenters. The van der Waals surface area contributed by atoms with E-state index in [1.165, 1.54) is 0 Å². The molecule has 0 aliphatic heterocycles. The minimum atomic E-state index is -1.30. The molecule has 13 nitrogen and oxygen atoms in total. The van der Waals surface area contributed by atoms with Gasteiger partial charge in [-0.3, -0.25) is 19.2 Å². The molecular formula is C31H33N5O8. The number of aliphatic carboxylic acids is 2. The summed E-state index contributed by atoms with van der Waals surface area (Å²) >= 11 is 0. The van der Waals surface area contributed by atoms with E-state index < -0.39 is 29.8 Å². The van der Waals surface area contributed by atoms with Crippen molar-refractivity contribution in [2.45, 2.75) is 57.2 Å². The van der Waals surface area contributed by atoms with Crippen molar-refractivity contribution >= 4 is 40.3 Å². The van der Waals surface area contributed by atoms with Crippen molar-refractivity contribution in [3.63, 3.8) is 0 Å². The third-order valence-corrected chi connectivity index (χ3v) is 7.46. The Kier molecular flexibility index (Phi) is 10.3. The Morgan fingerprint density at radius 1 is 1.14 bits per heavy atom. The normalized spacial score (nSPS) is 14.3. The second-order valence-corrected chi connectivity index (χ2v) is 10.4. The molecular weight excluding hydrogens is 570 g/mol. The first-order chi connectivity index (χ1) is 21.1. The van der Waals surface area contributed by atoms with E-state index in [9.17, 15) is 34.2 Å². The molecule has 1 aromatic heterocycles. The van der Waals surface area contributed by atoms with Gasteiger partial charge in [0.25, 0.3) is 11.5 Å². The number of hydrogen-bond acceptors (Lipinski definition) is 8. The van der Waals surface area contributed by atoms with E-state index in [1.54, 1.807) is 24.3 Å². The summed E-state index contributed by atoms with van der Waals surface area (Å²) in [5.74, 6) is -0.461. The van der Waals surface area contributed by atoms with E-state index in [1.807, 2.05) is 17.0 Å². The van der Waals surface area contributed by atoms with E-state index >= 15 is 0 Å². The van der Waals surface area contributed by atoms with Crippen LogP contribution >= 0.6 is 0 Å². The molecule has 1 unspecified atom stereocenters. The van der Waals surface area contributed by atoms with Gasteiger partial charge in [-0.1, -0.05) is 5.92 Å². The molecule has 13 heteroatoms. The number of amides is 2. The standard InChI is InChI=1S/C31H33N5O8/c1-2-14-36(25-11-7-19-15-24-22(16-21(19)25)30(42)35-26(17-37)33-24)20-8-5-18(6-9-20)29(41)34-23(31(43)44)10-12-27(38)32-13-3-4-28(39)40/h1,5-6,8-9,15-16,23,25,37H,3-4,7,10-14,17H2,(H,32,38)(H,34,41)(H,39,40)(H,43,44)(H,33,35,42)/t23?,25-/m0/s1. The molecule has 0 fully saturated rings. The lowest BCUT2D eigenvalue weighted by atomic mass is 10.0. The molecule has 44 heavy (non-hydrogen) atoms. The third kappa shape index (κ3) is 7.59. The number of terminal acetylenes is 1. The topological polar surface area (TPSA) is 202 Å². The van der Waals surface area contributed by atoms with Gasteiger partial charge in [0.2, 0.25) is 5.91 Å². The highest BCUT2D eigenvalue weighted by atomic mass is 16.4. The number of nitrogens with one attached hydrogen (secondary N) is 3. The quantitative estimate of drug-likeness (QED) is 0.116. The lowest BCUT2D eigenvalue weighted by Gasteiger charge is -2.30. The van der Waals surface area contributed by atoms with Gasteiger partial charge in [-0.05, 0) is 73.2 Å². The number of benzene rings is 2. The van der Waals surface area contributed by atoms with Crippen molar-refractivity contribution in [1.82, 2.24) is 20.6 Å². The molecule has 1 heterocycles. The highest BCUT2D eigenvalue weighted by Crippen LogP contribution is 2.39. The number of anilines is 1. The van der Waals surface area contributed by atoms with Gasteiger partial charge in [0.05, 0.1) is 23.5 Å². The van der Waals surface area contributed by atoms with Crippen LogP contribution < -0.4 is 21.1 Å². The van der Waals surface area contributed by atoms with Crippen molar-refractivity contribution in [2.75, 3.05) is 18.0 Å². The van der Waals surface area contributed by atoms with Crippen LogP contribution in [0.15, 0.2) is 41.2 Å². The van der Waals surface area contributed by atoms with Crippen LogP contribution in [0.3, 0.4) is 0 Å². The fourth-order valence-electron chi connectivity index (χ4n) is 5.28. The van der Waals surface area contributed by atoms with E-state index in [2.05, 4.69) is 26.5 Å². The van der Waals surface area contributed by atoms with Gasteiger partial charge < -0.3 is 35.8 Å². The number of nitrogens with zero attached hydrogens (tertiary/aromatic N) is 2. The fraction of sp³-hybridized carbons (Fsp3) is 0.355. The van der Waals surface area contributed by atoms with Crippen LogP contribution in [0.1, 0.15) is 65.5 Å². The Morgan fingerprint density at radius 2 is 1.89 bits per heavy atom. The molecule has 0 saturated heterocycles. The highest BCUT2D eigenvalue weighted by molar-refractivity contribution is 5.97. The number of carboxylic acid groups (broad SMARTS) is 2.